The monoisotopic (exact) mass is 479 g/mol. The largest absolute Gasteiger partial charge is 0.465 e. The average Bonchev–Trinajstić information content (AvgIpc) is 3.33. The number of rotatable bonds is 8. The number of nitrogen functional groups attached to an aromatic ring is 1. The third kappa shape index (κ3) is 5.42. The number of carbonyl (C=O) groups is 2. The van der Waals surface area contributed by atoms with Crippen LogP contribution in [0.5, 0.6) is 0 Å². The van der Waals surface area contributed by atoms with E-state index in [9.17, 15) is 14.4 Å². The highest BCUT2D eigenvalue weighted by atomic mass is 16.6. The van der Waals surface area contributed by atoms with Crippen molar-refractivity contribution in [3.8, 4) is 0 Å². The molecule has 0 aliphatic heterocycles. The lowest BCUT2D eigenvalue weighted by Crippen LogP contribution is -2.28. The maximum Gasteiger partial charge on any atom is 0.310 e. The molecule has 0 spiro atoms. The zero-order chi connectivity index (χ0) is 25.1. The summed E-state index contributed by atoms with van der Waals surface area (Å²) < 4.78 is 13.1. The van der Waals surface area contributed by atoms with E-state index in [1.165, 1.54) is 6.33 Å². The summed E-state index contributed by atoms with van der Waals surface area (Å²) in [6.45, 7) is 8.12. The predicted molar refractivity (Wildman–Crippen MR) is 129 cm³/mol. The number of carbonyl (C=O) groups excluding carboxylic acids is 2. The van der Waals surface area contributed by atoms with Gasteiger partial charge >= 0.3 is 11.9 Å². The Morgan fingerprint density at radius 2 is 2.00 bits per heavy atom. The summed E-state index contributed by atoms with van der Waals surface area (Å²) in [6, 6.07) is 8.93. The maximum absolute atomic E-state index is 12.5. The number of H-pyrrole nitrogens is 1. The van der Waals surface area contributed by atoms with Gasteiger partial charge in [-0.15, -0.1) is 0 Å². The van der Waals surface area contributed by atoms with Crippen LogP contribution >= 0.6 is 0 Å². The van der Waals surface area contributed by atoms with E-state index >= 15 is 0 Å². The number of ether oxygens (including phenoxy) is 2. The number of fused-ring (bicyclic) bond motifs is 1. The summed E-state index contributed by atoms with van der Waals surface area (Å²) in [7, 11) is 0. The number of imidazole rings is 1. The Labute approximate surface area is 202 Å². The van der Waals surface area contributed by atoms with Crippen LogP contribution in [0.4, 0.5) is 5.95 Å². The number of aromatic amines is 1. The lowest BCUT2D eigenvalue weighted by Gasteiger charge is -2.21. The zero-order valence-electron chi connectivity index (χ0n) is 19.8. The molecule has 1 aliphatic rings. The molecule has 1 saturated carbocycles. The van der Waals surface area contributed by atoms with Crippen molar-refractivity contribution in [1.29, 1.82) is 0 Å². The van der Waals surface area contributed by atoms with Gasteiger partial charge in [-0.2, -0.15) is 4.98 Å². The molecule has 3 aromatic rings. The number of benzene rings is 1. The number of aromatic nitrogens is 4. The summed E-state index contributed by atoms with van der Waals surface area (Å²) >= 11 is 0. The highest BCUT2D eigenvalue weighted by Crippen LogP contribution is 2.42. The van der Waals surface area contributed by atoms with Crippen LogP contribution in [0.15, 0.2) is 53.6 Å². The molecule has 10 nitrogen and oxygen atoms in total. The lowest BCUT2D eigenvalue weighted by molar-refractivity contribution is -0.153. The van der Waals surface area contributed by atoms with E-state index in [0.717, 1.165) is 5.56 Å². The fourth-order valence-corrected chi connectivity index (χ4v) is 4.38. The molecule has 3 unspecified atom stereocenters. The Hall–Kier alpha value is -3.95. The van der Waals surface area contributed by atoms with Crippen molar-refractivity contribution in [2.45, 2.75) is 45.3 Å². The molecule has 3 N–H and O–H groups in total. The number of nitrogens with zero attached hydrogens (tertiary/aromatic N) is 3. The molecule has 0 saturated heterocycles. The minimum Gasteiger partial charge on any atom is -0.465 e. The van der Waals surface area contributed by atoms with Gasteiger partial charge < -0.3 is 19.8 Å². The molecule has 2 heterocycles. The molecular formula is C25H29N5O5. The first kappa shape index (κ1) is 24.2. The molecule has 4 rings (SSSR count). The van der Waals surface area contributed by atoms with Crippen LogP contribution < -0.4 is 11.3 Å². The molecule has 1 aromatic carbocycles. The number of anilines is 1. The second-order valence-corrected chi connectivity index (χ2v) is 9.18. The molecule has 0 radical (unpaired) electrons. The van der Waals surface area contributed by atoms with Crippen LogP contribution in [-0.2, 0) is 25.5 Å². The molecule has 184 valence electrons. The fourth-order valence-electron chi connectivity index (χ4n) is 4.38. The summed E-state index contributed by atoms with van der Waals surface area (Å²) in [6.07, 6.45) is 1.73. The fraction of sp³-hybridized carbons (Fsp3) is 0.400. The molecule has 0 bridgehead atoms. The molecule has 35 heavy (non-hydrogen) atoms. The third-order valence-corrected chi connectivity index (χ3v) is 6.07. The summed E-state index contributed by atoms with van der Waals surface area (Å²) in [5, 5.41) is 0. The van der Waals surface area contributed by atoms with E-state index in [4.69, 9.17) is 15.2 Å². The van der Waals surface area contributed by atoms with Gasteiger partial charge in [-0.25, -0.2) is 4.98 Å². The first-order valence-corrected chi connectivity index (χ1v) is 11.5. The predicted octanol–water partition coefficient (Wildman–Crippen LogP) is 2.56. The van der Waals surface area contributed by atoms with Crippen LogP contribution in [0.2, 0.25) is 0 Å². The van der Waals surface area contributed by atoms with Crippen molar-refractivity contribution < 1.29 is 19.1 Å². The minimum atomic E-state index is -0.555. The molecule has 2 aromatic heterocycles. The summed E-state index contributed by atoms with van der Waals surface area (Å²) in [5.41, 5.74) is 7.30. The standard InChI is InChI=1S/C25H29N5O5/c1-14(2)9-21(32)35-19-11-18(30-13-27-22-23(30)28-25(26)29-24(22)33)15(3)17(19)12-34-20(31)10-16-7-5-4-6-8-16/h4-8,13-14,17-19H,3,9-12H2,1-2H3,(H3,26,28,29,33). The smallest absolute Gasteiger partial charge is 0.310 e. The second kappa shape index (κ2) is 10.1. The van der Waals surface area contributed by atoms with Crippen LogP contribution in [0.25, 0.3) is 11.2 Å². The topological polar surface area (TPSA) is 142 Å². The SMILES string of the molecule is C=C1C(COC(=O)Cc2ccccc2)C(OC(=O)CC(C)C)CC1n1cnc2c(=O)[nH]c(N)nc21. The lowest BCUT2D eigenvalue weighted by atomic mass is 10.0. The Bertz CT molecular complexity index is 1300. The van der Waals surface area contributed by atoms with Crippen LogP contribution in [0, 0.1) is 11.8 Å². The van der Waals surface area contributed by atoms with E-state index in [2.05, 4.69) is 21.5 Å². The van der Waals surface area contributed by atoms with Crippen molar-refractivity contribution >= 4 is 29.1 Å². The van der Waals surface area contributed by atoms with Crippen LogP contribution in [-0.4, -0.2) is 44.2 Å². The van der Waals surface area contributed by atoms with Crippen LogP contribution in [0.3, 0.4) is 0 Å². The van der Waals surface area contributed by atoms with Crippen LogP contribution in [0.1, 0.15) is 38.3 Å². The minimum absolute atomic E-state index is 0.0173. The Balaban J connectivity index is 1.55. The normalized spacial score (nSPS) is 19.9. The number of esters is 2. The summed E-state index contributed by atoms with van der Waals surface area (Å²) in [5.74, 6) is -1.02. The number of nitrogens with one attached hydrogen (secondary N) is 1. The van der Waals surface area contributed by atoms with E-state index in [1.54, 1.807) is 4.57 Å². The Kier molecular flexibility index (Phi) is 6.99. The van der Waals surface area contributed by atoms with Gasteiger partial charge in [0.2, 0.25) is 5.95 Å². The number of hydrogen-bond acceptors (Lipinski definition) is 8. The van der Waals surface area contributed by atoms with Crippen molar-refractivity contribution in [2.75, 3.05) is 12.3 Å². The average molecular weight is 480 g/mol. The molecule has 0 amide bonds. The molecule has 3 atom stereocenters. The van der Waals surface area contributed by atoms with E-state index in [0.29, 0.717) is 17.6 Å². The quantitative estimate of drug-likeness (QED) is 0.371. The summed E-state index contributed by atoms with van der Waals surface area (Å²) in [4.78, 5) is 48.0. The van der Waals surface area contributed by atoms with Gasteiger partial charge in [-0.05, 0) is 17.1 Å². The van der Waals surface area contributed by atoms with Crippen molar-refractivity contribution in [3.63, 3.8) is 0 Å². The van der Waals surface area contributed by atoms with Gasteiger partial charge in [0, 0.05) is 12.8 Å². The number of hydrogen-bond donors (Lipinski definition) is 2. The van der Waals surface area contributed by atoms with Gasteiger partial charge in [-0.3, -0.25) is 19.4 Å². The maximum atomic E-state index is 12.5. The van der Waals surface area contributed by atoms with E-state index < -0.39 is 17.6 Å². The highest BCUT2D eigenvalue weighted by Gasteiger charge is 2.42. The molecular weight excluding hydrogens is 450 g/mol. The van der Waals surface area contributed by atoms with Gasteiger partial charge in [0.1, 0.15) is 12.7 Å². The molecule has 10 heteroatoms. The molecule has 1 aliphatic carbocycles. The van der Waals surface area contributed by atoms with E-state index in [1.807, 2.05) is 44.2 Å². The first-order valence-electron chi connectivity index (χ1n) is 11.5. The Morgan fingerprint density at radius 3 is 2.71 bits per heavy atom. The third-order valence-electron chi connectivity index (χ3n) is 6.07. The first-order chi connectivity index (χ1) is 16.7. The van der Waals surface area contributed by atoms with Gasteiger partial charge in [0.05, 0.1) is 24.7 Å². The Morgan fingerprint density at radius 1 is 1.26 bits per heavy atom. The van der Waals surface area contributed by atoms with Crippen molar-refractivity contribution in [3.05, 3.63) is 64.7 Å². The zero-order valence-corrected chi connectivity index (χ0v) is 19.8. The van der Waals surface area contributed by atoms with Gasteiger partial charge in [0.15, 0.2) is 11.2 Å². The van der Waals surface area contributed by atoms with Gasteiger partial charge in [-0.1, -0.05) is 50.8 Å². The molecule has 1 fully saturated rings. The van der Waals surface area contributed by atoms with E-state index in [-0.39, 0.29) is 54.8 Å². The highest BCUT2D eigenvalue weighted by molar-refractivity contribution is 5.73. The second-order valence-electron chi connectivity index (χ2n) is 9.18. The van der Waals surface area contributed by atoms with Crippen molar-refractivity contribution in [1.82, 2.24) is 19.5 Å². The van der Waals surface area contributed by atoms with Crippen molar-refractivity contribution in [2.24, 2.45) is 11.8 Å². The van der Waals surface area contributed by atoms with Gasteiger partial charge in [0.25, 0.3) is 5.56 Å². The number of nitrogens with two attached hydrogens (primary N) is 1.